The number of anilines is 1. The Labute approximate surface area is 156 Å². The number of aromatic nitrogens is 2. The van der Waals surface area contributed by atoms with Crippen LogP contribution in [0.25, 0.3) is 0 Å². The molecule has 0 bridgehead atoms. The van der Waals surface area contributed by atoms with Crippen molar-refractivity contribution < 1.29 is 9.53 Å². The van der Waals surface area contributed by atoms with Gasteiger partial charge in [-0.15, -0.1) is 11.3 Å². The third-order valence-corrected chi connectivity index (χ3v) is 5.26. The van der Waals surface area contributed by atoms with Crippen LogP contribution in [0.1, 0.15) is 17.7 Å². The number of amides is 1. The van der Waals surface area contributed by atoms with Gasteiger partial charge in [0.2, 0.25) is 5.91 Å². The number of piperidine rings is 1. The number of ether oxygens (including phenoxy) is 1. The highest BCUT2D eigenvalue weighted by Crippen LogP contribution is 2.17. The quantitative estimate of drug-likeness (QED) is 0.788. The summed E-state index contributed by atoms with van der Waals surface area (Å²) in [6, 6.07) is 7.32. The number of nitrogens with one attached hydrogen (secondary N) is 1. The van der Waals surface area contributed by atoms with Crippen molar-refractivity contribution in [1.29, 1.82) is 0 Å². The smallest absolute Gasteiger partial charge is 0.266 e. The normalized spacial score (nSPS) is 17.3. The second-order valence-electron chi connectivity index (χ2n) is 6.35. The Kier molecular flexibility index (Phi) is 6.40. The molecule has 3 heterocycles. The van der Waals surface area contributed by atoms with Crippen LogP contribution in [0, 0.1) is 0 Å². The van der Waals surface area contributed by atoms with Gasteiger partial charge in [0, 0.05) is 37.2 Å². The summed E-state index contributed by atoms with van der Waals surface area (Å²) in [5.74, 6) is 0.815. The molecule has 1 N–H and O–H groups in total. The monoisotopic (exact) mass is 376 g/mol. The molecular weight excluding hydrogens is 352 g/mol. The molecule has 1 aliphatic heterocycles. The predicted molar refractivity (Wildman–Crippen MR) is 102 cm³/mol. The first-order chi connectivity index (χ1) is 12.7. The number of nitrogens with zero attached hydrogens (tertiary/aromatic N) is 3. The van der Waals surface area contributed by atoms with E-state index in [0.29, 0.717) is 26.1 Å². The van der Waals surface area contributed by atoms with E-state index in [0.717, 1.165) is 30.1 Å². The van der Waals surface area contributed by atoms with E-state index < -0.39 is 0 Å². The van der Waals surface area contributed by atoms with Crippen LogP contribution in [-0.4, -0.2) is 48.5 Å². The lowest BCUT2D eigenvalue weighted by Crippen LogP contribution is -2.48. The molecule has 8 heteroatoms. The summed E-state index contributed by atoms with van der Waals surface area (Å²) in [5, 5.41) is 9.56. The van der Waals surface area contributed by atoms with Crippen molar-refractivity contribution in [3.8, 4) is 0 Å². The fourth-order valence-electron chi connectivity index (χ4n) is 3.10. The zero-order valence-corrected chi connectivity index (χ0v) is 15.7. The molecule has 26 heavy (non-hydrogen) atoms. The van der Waals surface area contributed by atoms with E-state index in [4.69, 9.17) is 4.74 Å². The van der Waals surface area contributed by atoms with Gasteiger partial charge in [-0.05, 0) is 30.4 Å². The van der Waals surface area contributed by atoms with Gasteiger partial charge in [0.1, 0.15) is 5.82 Å². The Morgan fingerprint density at radius 1 is 1.42 bits per heavy atom. The number of hydrogen-bond donors (Lipinski definition) is 1. The number of carbonyl (C=O) groups is 1. The largest absolute Gasteiger partial charge is 0.383 e. The van der Waals surface area contributed by atoms with E-state index in [1.54, 1.807) is 24.5 Å². The molecule has 1 saturated heterocycles. The van der Waals surface area contributed by atoms with Gasteiger partial charge in [0.15, 0.2) is 0 Å². The minimum Gasteiger partial charge on any atom is -0.383 e. The molecule has 2 aromatic rings. The lowest BCUT2D eigenvalue weighted by Gasteiger charge is -2.34. The van der Waals surface area contributed by atoms with E-state index in [1.807, 2.05) is 17.5 Å². The summed E-state index contributed by atoms with van der Waals surface area (Å²) in [6.07, 6.45) is 2.35. The summed E-state index contributed by atoms with van der Waals surface area (Å²) < 4.78 is 6.46. The van der Waals surface area contributed by atoms with Gasteiger partial charge in [0.05, 0.1) is 19.6 Å². The fraction of sp³-hybridized carbons (Fsp3) is 0.500. The third kappa shape index (κ3) is 4.92. The molecule has 1 amide bonds. The van der Waals surface area contributed by atoms with Gasteiger partial charge in [-0.1, -0.05) is 6.07 Å². The second-order valence-corrected chi connectivity index (χ2v) is 7.39. The first-order valence-electron chi connectivity index (χ1n) is 8.79. The van der Waals surface area contributed by atoms with Gasteiger partial charge in [-0.2, -0.15) is 5.10 Å². The minimum absolute atomic E-state index is 0.0531. The Balaban J connectivity index is 1.61. The van der Waals surface area contributed by atoms with E-state index in [-0.39, 0.29) is 17.5 Å². The molecule has 0 spiro atoms. The molecule has 0 radical (unpaired) electrons. The SMILES string of the molecule is COCCn1nc(N2CCCC(NC(=O)Cc3cccs3)C2)ccc1=O. The number of hydrogen-bond acceptors (Lipinski definition) is 6. The molecule has 0 aliphatic carbocycles. The first-order valence-corrected chi connectivity index (χ1v) is 9.67. The summed E-state index contributed by atoms with van der Waals surface area (Å²) >= 11 is 1.60. The highest BCUT2D eigenvalue weighted by atomic mass is 32.1. The number of methoxy groups -OCH3 is 1. The maximum atomic E-state index is 12.2. The average Bonchev–Trinajstić information content (AvgIpc) is 3.14. The summed E-state index contributed by atoms with van der Waals surface area (Å²) in [4.78, 5) is 27.3. The zero-order valence-electron chi connectivity index (χ0n) is 14.9. The number of carbonyl (C=O) groups excluding carboxylic acids is 1. The highest BCUT2D eigenvalue weighted by molar-refractivity contribution is 7.10. The zero-order chi connectivity index (χ0) is 18.4. The predicted octanol–water partition coefficient (Wildman–Crippen LogP) is 1.28. The molecular formula is C18H24N4O3S. The van der Waals surface area contributed by atoms with Crippen molar-refractivity contribution in [3.63, 3.8) is 0 Å². The number of rotatable bonds is 7. The van der Waals surface area contributed by atoms with Gasteiger partial charge >= 0.3 is 0 Å². The van der Waals surface area contributed by atoms with Crippen molar-refractivity contribution >= 4 is 23.1 Å². The molecule has 0 aromatic carbocycles. The van der Waals surface area contributed by atoms with Crippen LogP contribution in [0.5, 0.6) is 0 Å². The van der Waals surface area contributed by atoms with E-state index in [9.17, 15) is 9.59 Å². The Morgan fingerprint density at radius 3 is 3.08 bits per heavy atom. The summed E-state index contributed by atoms with van der Waals surface area (Å²) in [7, 11) is 1.60. The maximum Gasteiger partial charge on any atom is 0.266 e. The highest BCUT2D eigenvalue weighted by Gasteiger charge is 2.23. The van der Waals surface area contributed by atoms with Crippen molar-refractivity contribution in [2.75, 3.05) is 31.7 Å². The van der Waals surface area contributed by atoms with E-state index >= 15 is 0 Å². The van der Waals surface area contributed by atoms with Crippen molar-refractivity contribution in [2.24, 2.45) is 0 Å². The van der Waals surface area contributed by atoms with Crippen LogP contribution < -0.4 is 15.8 Å². The van der Waals surface area contributed by atoms with Crippen LogP contribution in [-0.2, 0) is 22.5 Å². The summed E-state index contributed by atoms with van der Waals surface area (Å²) in [6.45, 7) is 2.44. The minimum atomic E-state index is -0.136. The molecule has 2 aromatic heterocycles. The molecule has 1 atom stereocenters. The Morgan fingerprint density at radius 2 is 2.31 bits per heavy atom. The third-order valence-electron chi connectivity index (χ3n) is 4.39. The molecule has 7 nitrogen and oxygen atoms in total. The van der Waals surface area contributed by atoms with Gasteiger partial charge < -0.3 is 15.0 Å². The molecule has 0 saturated carbocycles. The van der Waals surface area contributed by atoms with Gasteiger partial charge in [-0.25, -0.2) is 4.68 Å². The second kappa shape index (κ2) is 8.95. The van der Waals surface area contributed by atoms with Gasteiger partial charge in [-0.3, -0.25) is 9.59 Å². The first kappa shape index (κ1) is 18.6. The molecule has 1 aliphatic rings. The average molecular weight is 376 g/mol. The van der Waals surface area contributed by atoms with Crippen LogP contribution in [0.3, 0.4) is 0 Å². The van der Waals surface area contributed by atoms with Crippen molar-refractivity contribution in [3.05, 3.63) is 44.9 Å². The van der Waals surface area contributed by atoms with Crippen LogP contribution in [0.4, 0.5) is 5.82 Å². The van der Waals surface area contributed by atoms with Crippen LogP contribution >= 0.6 is 11.3 Å². The Hall–Kier alpha value is -2.19. The molecule has 3 rings (SSSR count). The van der Waals surface area contributed by atoms with Gasteiger partial charge in [0.25, 0.3) is 5.56 Å². The summed E-state index contributed by atoms with van der Waals surface area (Å²) in [5.41, 5.74) is -0.136. The topological polar surface area (TPSA) is 76.5 Å². The van der Waals surface area contributed by atoms with Crippen LogP contribution in [0.2, 0.25) is 0 Å². The van der Waals surface area contributed by atoms with E-state index in [1.165, 1.54) is 10.7 Å². The lowest BCUT2D eigenvalue weighted by molar-refractivity contribution is -0.121. The molecule has 1 unspecified atom stereocenters. The van der Waals surface area contributed by atoms with Crippen molar-refractivity contribution in [1.82, 2.24) is 15.1 Å². The fourth-order valence-corrected chi connectivity index (χ4v) is 3.80. The van der Waals surface area contributed by atoms with Crippen LogP contribution in [0.15, 0.2) is 34.4 Å². The molecule has 140 valence electrons. The van der Waals surface area contributed by atoms with E-state index in [2.05, 4.69) is 15.3 Å². The Bertz CT molecular complexity index is 775. The standard InChI is InChI=1S/C18H24N4O3S/c1-25-10-9-22-18(24)7-6-16(20-22)21-8-2-4-14(13-21)19-17(23)12-15-5-3-11-26-15/h3,5-7,11,14H,2,4,8-10,12-13H2,1H3,(H,19,23). The maximum absolute atomic E-state index is 12.2. The lowest BCUT2D eigenvalue weighted by atomic mass is 10.1. The molecule has 1 fully saturated rings. The van der Waals surface area contributed by atoms with Crippen molar-refractivity contribution in [2.45, 2.75) is 31.8 Å². The number of thiophene rings is 1.